The van der Waals surface area contributed by atoms with Crippen molar-refractivity contribution in [2.75, 3.05) is 26.3 Å². The van der Waals surface area contributed by atoms with Crippen molar-refractivity contribution >= 4 is 10.0 Å². The largest absolute Gasteiger partial charge is 0.494 e. The van der Waals surface area contributed by atoms with E-state index in [9.17, 15) is 8.42 Å². The Hall–Kier alpha value is -1.27. The van der Waals surface area contributed by atoms with E-state index in [1.54, 1.807) is 16.4 Å². The maximum atomic E-state index is 13.1. The van der Waals surface area contributed by atoms with Gasteiger partial charge >= 0.3 is 0 Å². The summed E-state index contributed by atoms with van der Waals surface area (Å²) in [6.07, 6.45) is 3.99. The van der Waals surface area contributed by atoms with Crippen molar-refractivity contribution in [3.63, 3.8) is 0 Å². The molecule has 0 atom stereocenters. The molecule has 1 saturated heterocycles. The number of ether oxygens (including phenoxy) is 2. The first kappa shape index (κ1) is 18.1. The highest BCUT2D eigenvalue weighted by atomic mass is 32.2. The minimum Gasteiger partial charge on any atom is -0.494 e. The average Bonchev–Trinajstić information content (AvgIpc) is 2.80. The lowest BCUT2D eigenvalue weighted by atomic mass is 10.2. The van der Waals surface area contributed by atoms with Crippen LogP contribution in [0, 0.1) is 6.92 Å². The maximum Gasteiger partial charge on any atom is 0.246 e. The van der Waals surface area contributed by atoms with Crippen LogP contribution in [0.3, 0.4) is 0 Å². The van der Waals surface area contributed by atoms with Crippen LogP contribution in [0.4, 0.5) is 0 Å². The lowest BCUT2D eigenvalue weighted by molar-refractivity contribution is 0.318. The van der Waals surface area contributed by atoms with Gasteiger partial charge in [0.15, 0.2) is 0 Å². The second kappa shape index (κ2) is 8.02. The van der Waals surface area contributed by atoms with Crippen LogP contribution in [0.2, 0.25) is 0 Å². The molecule has 2 rings (SSSR count). The van der Waals surface area contributed by atoms with E-state index in [2.05, 4.69) is 0 Å². The first-order valence-electron chi connectivity index (χ1n) is 8.41. The van der Waals surface area contributed by atoms with E-state index >= 15 is 0 Å². The zero-order valence-electron chi connectivity index (χ0n) is 14.3. The molecule has 1 aliphatic heterocycles. The molecule has 0 aromatic heterocycles. The van der Waals surface area contributed by atoms with E-state index < -0.39 is 10.0 Å². The molecule has 6 heteroatoms. The standard InChI is InChI=1S/C17H27NO4S/c1-4-21-15-13-17(16(22-5-2)12-14(15)3)23(19,20)18-10-8-6-7-9-11-18/h12-13H,4-11H2,1-3H3. The third-order valence-electron chi connectivity index (χ3n) is 4.02. The molecule has 1 aromatic rings. The highest BCUT2D eigenvalue weighted by Gasteiger charge is 2.29. The molecule has 1 aromatic carbocycles. The van der Waals surface area contributed by atoms with Crippen LogP contribution in [-0.4, -0.2) is 39.0 Å². The van der Waals surface area contributed by atoms with Gasteiger partial charge in [0.1, 0.15) is 16.4 Å². The fourth-order valence-electron chi connectivity index (χ4n) is 2.84. The fraction of sp³-hybridized carbons (Fsp3) is 0.647. The molecule has 5 nitrogen and oxygen atoms in total. The monoisotopic (exact) mass is 341 g/mol. The van der Waals surface area contributed by atoms with Crippen LogP contribution in [0.1, 0.15) is 45.1 Å². The van der Waals surface area contributed by atoms with Crippen molar-refractivity contribution in [1.82, 2.24) is 4.31 Å². The highest BCUT2D eigenvalue weighted by Crippen LogP contribution is 2.34. The Morgan fingerprint density at radius 2 is 1.52 bits per heavy atom. The molecule has 0 saturated carbocycles. The molecule has 0 bridgehead atoms. The van der Waals surface area contributed by atoms with Crippen LogP contribution < -0.4 is 9.47 Å². The van der Waals surface area contributed by atoms with Crippen molar-refractivity contribution in [1.29, 1.82) is 0 Å². The number of hydrogen-bond acceptors (Lipinski definition) is 4. The van der Waals surface area contributed by atoms with Crippen molar-refractivity contribution in [3.05, 3.63) is 17.7 Å². The van der Waals surface area contributed by atoms with Gasteiger partial charge in [-0.25, -0.2) is 8.42 Å². The quantitative estimate of drug-likeness (QED) is 0.796. The molecule has 23 heavy (non-hydrogen) atoms. The van der Waals surface area contributed by atoms with E-state index in [4.69, 9.17) is 9.47 Å². The molecular formula is C17H27NO4S. The summed E-state index contributed by atoms with van der Waals surface area (Å²) < 4.78 is 39.0. The molecule has 0 N–H and O–H groups in total. The van der Waals surface area contributed by atoms with Crippen LogP contribution >= 0.6 is 0 Å². The minimum absolute atomic E-state index is 0.218. The van der Waals surface area contributed by atoms with Gasteiger partial charge in [-0.05, 0) is 45.2 Å². The third-order valence-corrected chi connectivity index (χ3v) is 5.94. The van der Waals surface area contributed by atoms with Crippen molar-refractivity contribution < 1.29 is 17.9 Å². The lowest BCUT2D eigenvalue weighted by Crippen LogP contribution is -2.32. The first-order valence-corrected chi connectivity index (χ1v) is 9.85. The van der Waals surface area contributed by atoms with Gasteiger partial charge in [-0.15, -0.1) is 0 Å². The van der Waals surface area contributed by atoms with E-state index in [-0.39, 0.29) is 4.90 Å². The molecule has 130 valence electrons. The summed E-state index contributed by atoms with van der Waals surface area (Å²) in [5, 5.41) is 0. The van der Waals surface area contributed by atoms with E-state index in [1.807, 2.05) is 20.8 Å². The number of rotatable bonds is 6. The first-order chi connectivity index (χ1) is 11.0. The molecule has 1 aliphatic rings. The zero-order chi connectivity index (χ0) is 16.9. The molecule has 0 amide bonds. The van der Waals surface area contributed by atoms with Gasteiger partial charge in [-0.1, -0.05) is 12.8 Å². The van der Waals surface area contributed by atoms with Crippen LogP contribution in [-0.2, 0) is 10.0 Å². The van der Waals surface area contributed by atoms with Gasteiger partial charge in [0.25, 0.3) is 0 Å². The summed E-state index contributed by atoms with van der Waals surface area (Å²) in [6.45, 7) is 7.72. The molecule has 0 aliphatic carbocycles. The van der Waals surface area contributed by atoms with Gasteiger partial charge in [0, 0.05) is 19.2 Å². The Kier molecular flexibility index (Phi) is 6.30. The van der Waals surface area contributed by atoms with Gasteiger partial charge < -0.3 is 9.47 Å². The fourth-order valence-corrected chi connectivity index (χ4v) is 4.49. The number of aryl methyl sites for hydroxylation is 1. The lowest BCUT2D eigenvalue weighted by Gasteiger charge is -2.22. The molecule has 0 spiro atoms. The molecule has 0 radical (unpaired) electrons. The zero-order valence-corrected chi connectivity index (χ0v) is 15.1. The minimum atomic E-state index is -3.57. The van der Waals surface area contributed by atoms with Gasteiger partial charge in [0.2, 0.25) is 10.0 Å². The molecule has 1 fully saturated rings. The summed E-state index contributed by atoms with van der Waals surface area (Å²) in [7, 11) is -3.57. The maximum absolute atomic E-state index is 13.1. The van der Waals surface area contributed by atoms with Crippen molar-refractivity contribution in [3.8, 4) is 11.5 Å². The van der Waals surface area contributed by atoms with Gasteiger partial charge in [-0.2, -0.15) is 4.31 Å². The Bertz CT molecular complexity index is 620. The molecule has 0 unspecified atom stereocenters. The Morgan fingerprint density at radius 1 is 0.957 bits per heavy atom. The Balaban J connectivity index is 2.46. The summed E-state index contributed by atoms with van der Waals surface area (Å²) >= 11 is 0. The summed E-state index contributed by atoms with van der Waals surface area (Å²) in [6, 6.07) is 3.38. The average molecular weight is 341 g/mol. The Labute approximate surface area is 139 Å². The SMILES string of the molecule is CCOc1cc(S(=O)(=O)N2CCCCCC2)c(OCC)cc1C. The Morgan fingerprint density at radius 3 is 2.09 bits per heavy atom. The van der Waals surface area contributed by atoms with Crippen molar-refractivity contribution in [2.24, 2.45) is 0 Å². The topological polar surface area (TPSA) is 55.8 Å². The van der Waals surface area contributed by atoms with Crippen molar-refractivity contribution in [2.45, 2.75) is 51.3 Å². The van der Waals surface area contributed by atoms with Crippen LogP contribution in [0.15, 0.2) is 17.0 Å². The molecular weight excluding hydrogens is 314 g/mol. The van der Waals surface area contributed by atoms with Crippen LogP contribution in [0.25, 0.3) is 0 Å². The normalized spacial score (nSPS) is 16.8. The smallest absolute Gasteiger partial charge is 0.246 e. The van der Waals surface area contributed by atoms with Crippen LogP contribution in [0.5, 0.6) is 11.5 Å². The van der Waals surface area contributed by atoms with Gasteiger partial charge in [-0.3, -0.25) is 0 Å². The van der Waals surface area contributed by atoms with E-state index in [0.29, 0.717) is 37.8 Å². The number of sulfonamides is 1. The number of benzene rings is 1. The van der Waals surface area contributed by atoms with Gasteiger partial charge in [0.05, 0.1) is 13.2 Å². The van der Waals surface area contributed by atoms with E-state index in [0.717, 1.165) is 31.2 Å². The predicted octanol–water partition coefficient (Wildman–Crippen LogP) is 3.36. The number of nitrogens with zero attached hydrogens (tertiary/aromatic N) is 1. The third kappa shape index (κ3) is 4.18. The summed E-state index contributed by atoms with van der Waals surface area (Å²) in [5.41, 5.74) is 0.880. The second-order valence-corrected chi connectivity index (χ2v) is 7.66. The summed E-state index contributed by atoms with van der Waals surface area (Å²) in [4.78, 5) is 0.218. The predicted molar refractivity (Wildman–Crippen MR) is 90.7 cm³/mol. The highest BCUT2D eigenvalue weighted by molar-refractivity contribution is 7.89. The second-order valence-electron chi connectivity index (χ2n) is 5.75. The number of hydrogen-bond donors (Lipinski definition) is 0. The van der Waals surface area contributed by atoms with E-state index in [1.165, 1.54) is 0 Å². The summed E-state index contributed by atoms with van der Waals surface area (Å²) in [5.74, 6) is 1.02. The molecule has 1 heterocycles.